The van der Waals surface area contributed by atoms with Crippen LogP contribution >= 0.6 is 35.0 Å². The van der Waals surface area contributed by atoms with Gasteiger partial charge < -0.3 is 5.32 Å². The van der Waals surface area contributed by atoms with Crippen LogP contribution in [0.3, 0.4) is 0 Å². The van der Waals surface area contributed by atoms with Gasteiger partial charge in [0, 0.05) is 16.1 Å². The van der Waals surface area contributed by atoms with Crippen LogP contribution < -0.4 is 5.32 Å². The molecular weight excluding hydrogens is 273 g/mol. The minimum absolute atomic E-state index is 0.449. The van der Waals surface area contributed by atoms with Crippen molar-refractivity contribution in [2.45, 2.75) is 25.8 Å². The van der Waals surface area contributed by atoms with Gasteiger partial charge in [-0.3, -0.25) is 0 Å². The number of hydrogen-bond acceptors (Lipinski definition) is 2. The Hall–Kier alpha value is 0.110. The molecule has 17 heavy (non-hydrogen) atoms. The summed E-state index contributed by atoms with van der Waals surface area (Å²) < 4.78 is 0. The van der Waals surface area contributed by atoms with Crippen molar-refractivity contribution in [2.24, 2.45) is 0 Å². The van der Waals surface area contributed by atoms with Crippen molar-refractivity contribution >= 4 is 35.0 Å². The number of nitrogens with one attached hydrogen (secondary N) is 1. The van der Waals surface area contributed by atoms with E-state index in [0.29, 0.717) is 6.04 Å². The summed E-state index contributed by atoms with van der Waals surface area (Å²) in [5.74, 6) is 1.15. The van der Waals surface area contributed by atoms with Crippen LogP contribution in [-0.4, -0.2) is 24.6 Å². The van der Waals surface area contributed by atoms with Crippen LogP contribution in [-0.2, 0) is 6.42 Å². The molecule has 1 aromatic rings. The van der Waals surface area contributed by atoms with Gasteiger partial charge in [-0.15, -0.1) is 0 Å². The topological polar surface area (TPSA) is 12.0 Å². The number of thioether (sulfide) groups is 1. The first kappa shape index (κ1) is 15.2. The molecule has 0 bridgehead atoms. The third-order valence-electron chi connectivity index (χ3n) is 2.68. The SMILES string of the molecule is CCNC(CCSC)Cc1c(Cl)cccc1Cl. The van der Waals surface area contributed by atoms with E-state index in [-0.39, 0.29) is 0 Å². The van der Waals surface area contributed by atoms with Crippen molar-refractivity contribution in [3.63, 3.8) is 0 Å². The Bertz CT molecular complexity index is 324. The molecule has 0 aliphatic carbocycles. The molecule has 0 radical (unpaired) electrons. The summed E-state index contributed by atoms with van der Waals surface area (Å²) in [6, 6.07) is 6.14. The minimum atomic E-state index is 0.449. The predicted octanol–water partition coefficient (Wildman–Crippen LogP) is 4.27. The van der Waals surface area contributed by atoms with Crippen LogP contribution in [0.5, 0.6) is 0 Å². The maximum atomic E-state index is 6.19. The largest absolute Gasteiger partial charge is 0.314 e. The van der Waals surface area contributed by atoms with Gasteiger partial charge >= 0.3 is 0 Å². The fraction of sp³-hybridized carbons (Fsp3) is 0.538. The van der Waals surface area contributed by atoms with Crippen molar-refractivity contribution < 1.29 is 0 Å². The van der Waals surface area contributed by atoms with Crippen LogP contribution in [0, 0.1) is 0 Å². The maximum Gasteiger partial charge on any atom is 0.0453 e. The average Bonchev–Trinajstić information content (AvgIpc) is 2.31. The standard InChI is InChI=1S/C13H19Cl2NS/c1-3-16-10(7-8-17-2)9-11-12(14)5-4-6-13(11)15/h4-6,10,16H,3,7-9H2,1-2H3. The maximum absolute atomic E-state index is 6.19. The Morgan fingerprint density at radius 3 is 2.47 bits per heavy atom. The lowest BCUT2D eigenvalue weighted by molar-refractivity contribution is 0.513. The van der Waals surface area contributed by atoms with Gasteiger partial charge in [-0.05, 0) is 49.1 Å². The molecule has 1 nitrogen and oxygen atoms in total. The van der Waals surface area contributed by atoms with Crippen LogP contribution in [0.1, 0.15) is 18.9 Å². The first-order valence-electron chi connectivity index (χ1n) is 5.84. The summed E-state index contributed by atoms with van der Waals surface area (Å²) in [5, 5.41) is 5.03. The van der Waals surface area contributed by atoms with E-state index in [4.69, 9.17) is 23.2 Å². The third-order valence-corrected chi connectivity index (χ3v) is 4.03. The third kappa shape index (κ3) is 5.09. The Labute approximate surface area is 118 Å². The Morgan fingerprint density at radius 2 is 1.94 bits per heavy atom. The van der Waals surface area contributed by atoms with Gasteiger partial charge in [0.2, 0.25) is 0 Å². The smallest absolute Gasteiger partial charge is 0.0453 e. The van der Waals surface area contributed by atoms with E-state index in [0.717, 1.165) is 40.7 Å². The van der Waals surface area contributed by atoms with Crippen LogP contribution in [0.4, 0.5) is 0 Å². The second-order valence-corrected chi connectivity index (χ2v) is 5.74. The van der Waals surface area contributed by atoms with Crippen molar-refractivity contribution in [1.29, 1.82) is 0 Å². The summed E-state index contributed by atoms with van der Waals surface area (Å²) in [6.45, 7) is 3.10. The molecule has 0 aliphatic heterocycles. The van der Waals surface area contributed by atoms with E-state index >= 15 is 0 Å². The van der Waals surface area contributed by atoms with E-state index < -0.39 is 0 Å². The van der Waals surface area contributed by atoms with E-state index in [1.165, 1.54) is 0 Å². The van der Waals surface area contributed by atoms with Crippen molar-refractivity contribution in [3.05, 3.63) is 33.8 Å². The molecule has 1 rings (SSSR count). The number of likely N-dealkylation sites (N-methyl/N-ethyl adjacent to an activating group) is 1. The monoisotopic (exact) mass is 291 g/mol. The summed E-state index contributed by atoms with van der Waals surface area (Å²) in [6.07, 6.45) is 4.16. The highest BCUT2D eigenvalue weighted by atomic mass is 35.5. The number of hydrogen-bond donors (Lipinski definition) is 1. The highest BCUT2D eigenvalue weighted by Crippen LogP contribution is 2.26. The molecule has 0 spiro atoms. The van der Waals surface area contributed by atoms with Gasteiger partial charge in [-0.1, -0.05) is 36.2 Å². The average molecular weight is 292 g/mol. The zero-order valence-electron chi connectivity index (χ0n) is 10.3. The summed E-state index contributed by atoms with van der Waals surface area (Å²) in [7, 11) is 0. The molecule has 1 unspecified atom stereocenters. The first-order chi connectivity index (χ1) is 8.19. The molecule has 0 aromatic heterocycles. The quantitative estimate of drug-likeness (QED) is 0.805. The van der Waals surface area contributed by atoms with Crippen molar-refractivity contribution in [3.8, 4) is 0 Å². The lowest BCUT2D eigenvalue weighted by Gasteiger charge is -2.19. The van der Waals surface area contributed by atoms with Crippen LogP contribution in [0.2, 0.25) is 10.0 Å². The molecular formula is C13H19Cl2NS. The molecule has 0 fully saturated rings. The molecule has 1 N–H and O–H groups in total. The van der Waals surface area contributed by atoms with Gasteiger partial charge in [0.05, 0.1) is 0 Å². The van der Waals surface area contributed by atoms with Gasteiger partial charge in [-0.2, -0.15) is 11.8 Å². The van der Waals surface area contributed by atoms with Crippen molar-refractivity contribution in [1.82, 2.24) is 5.32 Å². The van der Waals surface area contributed by atoms with E-state index in [9.17, 15) is 0 Å². The summed E-state index contributed by atoms with van der Waals surface area (Å²) in [5.41, 5.74) is 1.06. The molecule has 0 heterocycles. The molecule has 0 amide bonds. The van der Waals surface area contributed by atoms with Gasteiger partial charge in [0.25, 0.3) is 0 Å². The molecule has 4 heteroatoms. The molecule has 0 saturated carbocycles. The highest BCUT2D eigenvalue weighted by Gasteiger charge is 2.12. The number of halogens is 2. The highest BCUT2D eigenvalue weighted by molar-refractivity contribution is 7.98. The molecule has 96 valence electrons. The zero-order chi connectivity index (χ0) is 12.7. The first-order valence-corrected chi connectivity index (χ1v) is 7.99. The molecule has 1 atom stereocenters. The van der Waals surface area contributed by atoms with E-state index in [2.05, 4.69) is 18.5 Å². The Morgan fingerprint density at radius 1 is 1.29 bits per heavy atom. The fourth-order valence-electron chi connectivity index (χ4n) is 1.80. The lowest BCUT2D eigenvalue weighted by Crippen LogP contribution is -2.31. The zero-order valence-corrected chi connectivity index (χ0v) is 12.6. The summed E-state index contributed by atoms with van der Waals surface area (Å²) >= 11 is 14.2. The van der Waals surface area contributed by atoms with E-state index in [1.807, 2.05) is 30.0 Å². The van der Waals surface area contributed by atoms with Crippen molar-refractivity contribution in [2.75, 3.05) is 18.6 Å². The molecule has 1 aromatic carbocycles. The normalized spacial score (nSPS) is 12.7. The fourth-order valence-corrected chi connectivity index (χ4v) is 2.87. The molecule has 0 aliphatic rings. The minimum Gasteiger partial charge on any atom is -0.314 e. The van der Waals surface area contributed by atoms with Gasteiger partial charge in [-0.25, -0.2) is 0 Å². The second-order valence-electron chi connectivity index (χ2n) is 3.94. The number of rotatable bonds is 7. The van der Waals surface area contributed by atoms with Gasteiger partial charge in [0.15, 0.2) is 0 Å². The Balaban J connectivity index is 2.70. The number of benzene rings is 1. The van der Waals surface area contributed by atoms with Crippen LogP contribution in [0.15, 0.2) is 18.2 Å². The van der Waals surface area contributed by atoms with Crippen LogP contribution in [0.25, 0.3) is 0 Å². The predicted molar refractivity (Wildman–Crippen MR) is 80.6 cm³/mol. The lowest BCUT2D eigenvalue weighted by atomic mass is 10.0. The van der Waals surface area contributed by atoms with Gasteiger partial charge in [0.1, 0.15) is 0 Å². The van der Waals surface area contributed by atoms with E-state index in [1.54, 1.807) is 0 Å². The molecule has 0 saturated heterocycles. The Kier molecular flexibility index (Phi) is 7.36. The second kappa shape index (κ2) is 8.25. The summed E-state index contributed by atoms with van der Waals surface area (Å²) in [4.78, 5) is 0.